The Morgan fingerprint density at radius 2 is 2.07 bits per heavy atom. The van der Waals surface area contributed by atoms with Crippen LogP contribution in [0.3, 0.4) is 0 Å². The molecule has 0 radical (unpaired) electrons. The lowest BCUT2D eigenvalue weighted by Gasteiger charge is -2.15. The van der Waals surface area contributed by atoms with Gasteiger partial charge < -0.3 is 8.82 Å². The van der Waals surface area contributed by atoms with Gasteiger partial charge in [-0.15, -0.1) is 0 Å². The fourth-order valence-corrected chi connectivity index (χ4v) is 4.17. The predicted molar refractivity (Wildman–Crippen MR) is 109 cm³/mol. The normalized spacial score (nSPS) is 15.5. The summed E-state index contributed by atoms with van der Waals surface area (Å²) in [7, 11) is 0. The first-order valence-corrected chi connectivity index (χ1v) is 10.0. The van der Waals surface area contributed by atoms with Crippen molar-refractivity contribution in [2.75, 3.05) is 0 Å². The van der Waals surface area contributed by atoms with E-state index in [0.29, 0.717) is 41.4 Å². The second-order valence-corrected chi connectivity index (χ2v) is 7.92. The molecule has 0 spiro atoms. The van der Waals surface area contributed by atoms with Crippen molar-refractivity contribution < 1.29 is 8.81 Å². The van der Waals surface area contributed by atoms with Gasteiger partial charge in [0.05, 0.1) is 24.0 Å². The van der Waals surface area contributed by atoms with Gasteiger partial charge in [-0.1, -0.05) is 12.8 Å². The van der Waals surface area contributed by atoms with Crippen LogP contribution in [-0.4, -0.2) is 25.0 Å². The molecule has 4 aromatic rings. The van der Waals surface area contributed by atoms with E-state index in [9.17, 15) is 9.65 Å². The molecule has 1 aliphatic carbocycles. The molecular formula is C23H20FN5O. The van der Waals surface area contributed by atoms with Gasteiger partial charge in [-0.05, 0) is 44.0 Å². The summed E-state index contributed by atoms with van der Waals surface area (Å²) >= 11 is 0. The van der Waals surface area contributed by atoms with Crippen molar-refractivity contribution >= 4 is 5.65 Å². The molecule has 150 valence electrons. The number of hydrogen-bond donors (Lipinski definition) is 0. The molecule has 30 heavy (non-hydrogen) atoms. The first-order chi connectivity index (χ1) is 14.5. The van der Waals surface area contributed by atoms with E-state index >= 15 is 0 Å². The van der Waals surface area contributed by atoms with Crippen LogP contribution in [0.4, 0.5) is 4.39 Å². The second kappa shape index (κ2) is 7.06. The maximum absolute atomic E-state index is 14.8. The third-order valence-electron chi connectivity index (χ3n) is 5.65. The predicted octanol–water partition coefficient (Wildman–Crippen LogP) is 5.06. The Morgan fingerprint density at radius 1 is 1.23 bits per heavy atom. The standard InChI is InChI=1S/C23H20FN5O/c1-15-14-29-9-6-16(10-20(29)27-15)22-18(5-4-17(12-25)28-22)19-13-26-21(30-19)11-23(24)7-2-3-8-23/h4-6,9-10,13-14H,2-3,7-8,11H2,1H3. The Bertz CT molecular complexity index is 1280. The monoisotopic (exact) mass is 401 g/mol. The zero-order valence-electron chi connectivity index (χ0n) is 16.6. The van der Waals surface area contributed by atoms with Gasteiger partial charge in [0.2, 0.25) is 0 Å². The summed E-state index contributed by atoms with van der Waals surface area (Å²) in [6.07, 6.45) is 8.57. The van der Waals surface area contributed by atoms with Crippen LogP contribution in [0.15, 0.2) is 47.3 Å². The van der Waals surface area contributed by atoms with Gasteiger partial charge in [-0.2, -0.15) is 5.26 Å². The van der Waals surface area contributed by atoms with Crippen LogP contribution in [0.2, 0.25) is 0 Å². The lowest BCUT2D eigenvalue weighted by molar-refractivity contribution is 0.161. The summed E-state index contributed by atoms with van der Waals surface area (Å²) in [5.41, 5.74) is 2.92. The van der Waals surface area contributed by atoms with E-state index in [-0.39, 0.29) is 6.42 Å². The number of pyridine rings is 2. The van der Waals surface area contributed by atoms with Gasteiger partial charge in [-0.3, -0.25) is 0 Å². The van der Waals surface area contributed by atoms with Crippen molar-refractivity contribution in [3.8, 4) is 28.7 Å². The molecule has 5 rings (SSSR count). The topological polar surface area (TPSA) is 80.0 Å². The highest BCUT2D eigenvalue weighted by atomic mass is 19.1. The molecule has 0 saturated heterocycles. The number of imidazole rings is 1. The summed E-state index contributed by atoms with van der Waals surface area (Å²) < 4.78 is 22.7. The van der Waals surface area contributed by atoms with E-state index in [2.05, 4.69) is 21.0 Å². The fraction of sp³-hybridized carbons (Fsp3) is 0.304. The number of halogens is 1. The van der Waals surface area contributed by atoms with Crippen LogP contribution in [0, 0.1) is 18.3 Å². The van der Waals surface area contributed by atoms with E-state index in [4.69, 9.17) is 4.42 Å². The Labute approximate surface area is 173 Å². The van der Waals surface area contributed by atoms with Crippen LogP contribution in [-0.2, 0) is 6.42 Å². The summed E-state index contributed by atoms with van der Waals surface area (Å²) in [5, 5.41) is 9.33. The molecule has 1 saturated carbocycles. The van der Waals surface area contributed by atoms with Gasteiger partial charge in [-0.25, -0.2) is 19.3 Å². The number of aromatic nitrogens is 4. The van der Waals surface area contributed by atoms with E-state index in [1.807, 2.05) is 35.9 Å². The number of hydrogen-bond acceptors (Lipinski definition) is 5. The molecule has 0 unspecified atom stereocenters. The maximum atomic E-state index is 14.8. The molecule has 1 aliphatic rings. The molecule has 0 aromatic carbocycles. The van der Waals surface area contributed by atoms with E-state index in [1.54, 1.807) is 18.3 Å². The Balaban J connectivity index is 1.56. The van der Waals surface area contributed by atoms with Gasteiger partial charge in [0, 0.05) is 23.5 Å². The minimum absolute atomic E-state index is 0.186. The molecule has 4 heterocycles. The number of alkyl halides is 1. The van der Waals surface area contributed by atoms with Crippen LogP contribution in [0.5, 0.6) is 0 Å². The van der Waals surface area contributed by atoms with Crippen molar-refractivity contribution in [3.63, 3.8) is 0 Å². The van der Waals surface area contributed by atoms with Gasteiger partial charge >= 0.3 is 0 Å². The van der Waals surface area contributed by atoms with E-state index in [0.717, 1.165) is 29.7 Å². The maximum Gasteiger partial charge on any atom is 0.198 e. The van der Waals surface area contributed by atoms with Crippen molar-refractivity contribution in [1.29, 1.82) is 5.26 Å². The molecule has 7 heteroatoms. The smallest absolute Gasteiger partial charge is 0.198 e. The number of aryl methyl sites for hydroxylation is 1. The third-order valence-corrected chi connectivity index (χ3v) is 5.65. The molecule has 0 N–H and O–H groups in total. The summed E-state index contributed by atoms with van der Waals surface area (Å²) in [6, 6.07) is 9.38. The van der Waals surface area contributed by atoms with Crippen molar-refractivity contribution in [3.05, 3.63) is 60.1 Å². The van der Waals surface area contributed by atoms with E-state index in [1.165, 1.54) is 0 Å². The lowest BCUT2D eigenvalue weighted by atomic mass is 10.0. The minimum atomic E-state index is -1.22. The molecule has 0 aliphatic heterocycles. The van der Waals surface area contributed by atoms with Crippen LogP contribution in [0.25, 0.3) is 28.2 Å². The second-order valence-electron chi connectivity index (χ2n) is 7.92. The number of nitrogens with zero attached hydrogens (tertiary/aromatic N) is 5. The van der Waals surface area contributed by atoms with Gasteiger partial charge in [0.1, 0.15) is 23.1 Å². The van der Waals surface area contributed by atoms with Gasteiger partial charge in [0.25, 0.3) is 0 Å². The number of oxazole rings is 1. The average Bonchev–Trinajstić information content (AvgIpc) is 3.46. The zero-order chi connectivity index (χ0) is 20.7. The summed E-state index contributed by atoms with van der Waals surface area (Å²) in [6.45, 7) is 1.94. The molecule has 6 nitrogen and oxygen atoms in total. The van der Waals surface area contributed by atoms with Crippen molar-refractivity contribution in [2.24, 2.45) is 0 Å². The highest BCUT2D eigenvalue weighted by Gasteiger charge is 2.35. The molecular weight excluding hydrogens is 381 g/mol. The molecule has 0 bridgehead atoms. The minimum Gasteiger partial charge on any atom is -0.441 e. The average molecular weight is 401 g/mol. The van der Waals surface area contributed by atoms with E-state index < -0.39 is 5.67 Å². The molecule has 4 aromatic heterocycles. The van der Waals surface area contributed by atoms with Crippen LogP contribution >= 0.6 is 0 Å². The summed E-state index contributed by atoms with van der Waals surface area (Å²) in [4.78, 5) is 13.3. The number of rotatable bonds is 4. The fourth-order valence-electron chi connectivity index (χ4n) is 4.17. The van der Waals surface area contributed by atoms with Crippen molar-refractivity contribution in [1.82, 2.24) is 19.4 Å². The highest BCUT2D eigenvalue weighted by Crippen LogP contribution is 2.37. The lowest BCUT2D eigenvalue weighted by Crippen LogP contribution is -2.21. The Kier molecular flexibility index (Phi) is 4.35. The number of nitriles is 1. The van der Waals surface area contributed by atoms with Gasteiger partial charge in [0.15, 0.2) is 11.7 Å². The first-order valence-electron chi connectivity index (χ1n) is 10.0. The zero-order valence-corrected chi connectivity index (χ0v) is 16.6. The number of fused-ring (bicyclic) bond motifs is 1. The first kappa shape index (κ1) is 18.5. The third kappa shape index (κ3) is 3.35. The van der Waals surface area contributed by atoms with Crippen molar-refractivity contribution in [2.45, 2.75) is 44.7 Å². The molecule has 0 atom stereocenters. The van der Waals surface area contributed by atoms with Crippen LogP contribution in [0.1, 0.15) is 43.0 Å². The Morgan fingerprint density at radius 3 is 2.87 bits per heavy atom. The highest BCUT2D eigenvalue weighted by molar-refractivity contribution is 5.79. The summed E-state index contributed by atoms with van der Waals surface area (Å²) in [5.74, 6) is 0.905. The molecule has 1 fully saturated rings. The Hall–Kier alpha value is -3.53. The largest absolute Gasteiger partial charge is 0.441 e. The molecule has 0 amide bonds. The SMILES string of the molecule is Cc1cn2ccc(-c3nc(C#N)ccc3-c3cnc(CC4(F)CCCC4)o3)cc2n1. The quantitative estimate of drug-likeness (QED) is 0.478. The van der Waals surface area contributed by atoms with Crippen LogP contribution < -0.4 is 0 Å².